The Labute approximate surface area is 190 Å². The molecule has 0 aliphatic carbocycles. The zero-order chi connectivity index (χ0) is 23.1. The molecule has 166 valence electrons. The van der Waals surface area contributed by atoms with E-state index in [9.17, 15) is 8.42 Å². The maximum Gasteiger partial charge on any atom is 0.243 e. The fourth-order valence-electron chi connectivity index (χ4n) is 3.23. The number of ether oxygens (including phenoxy) is 2. The van der Waals surface area contributed by atoms with E-state index in [4.69, 9.17) is 9.47 Å². The maximum absolute atomic E-state index is 13.5. The molecule has 0 saturated carbocycles. The minimum absolute atomic E-state index is 0.124. The van der Waals surface area contributed by atoms with Crippen LogP contribution in [0.5, 0.6) is 11.5 Å². The number of sulfonamides is 1. The van der Waals surface area contributed by atoms with Gasteiger partial charge in [-0.1, -0.05) is 55.6 Å². The molecule has 32 heavy (non-hydrogen) atoms. The van der Waals surface area contributed by atoms with Gasteiger partial charge in [-0.25, -0.2) is 8.42 Å². The lowest BCUT2D eigenvalue weighted by Gasteiger charge is -2.24. The van der Waals surface area contributed by atoms with E-state index in [1.165, 1.54) is 4.31 Å². The lowest BCUT2D eigenvalue weighted by molar-refractivity contribution is 0.414. The van der Waals surface area contributed by atoms with E-state index in [1.807, 2.05) is 48.5 Å². The zero-order valence-corrected chi connectivity index (χ0v) is 19.1. The lowest BCUT2D eigenvalue weighted by atomic mass is 10.1. The smallest absolute Gasteiger partial charge is 0.243 e. The molecule has 0 amide bonds. The Morgan fingerprint density at radius 1 is 0.719 bits per heavy atom. The highest BCUT2D eigenvalue weighted by Crippen LogP contribution is 2.25. The largest absolute Gasteiger partial charge is 0.497 e. The van der Waals surface area contributed by atoms with Gasteiger partial charge in [0.15, 0.2) is 0 Å². The third-order valence-corrected chi connectivity index (χ3v) is 6.92. The second kappa shape index (κ2) is 10.3. The van der Waals surface area contributed by atoms with Crippen LogP contribution in [-0.2, 0) is 10.0 Å². The molecule has 0 fully saturated rings. The van der Waals surface area contributed by atoms with Crippen LogP contribution in [-0.4, -0.2) is 40.0 Å². The number of methoxy groups -OCH3 is 2. The number of hydrogen-bond acceptors (Lipinski definition) is 4. The van der Waals surface area contributed by atoms with Crippen LogP contribution >= 0.6 is 0 Å². The Hall–Kier alpha value is -3.35. The van der Waals surface area contributed by atoms with E-state index in [1.54, 1.807) is 44.6 Å². The SMILES string of the molecule is C=C(CN(CC(=C)c1ccc(OC)cc1)S(=O)(=O)c1ccccc1)c1ccc(OC)cc1. The van der Waals surface area contributed by atoms with Crippen molar-refractivity contribution in [3.8, 4) is 11.5 Å². The quantitative estimate of drug-likeness (QED) is 0.431. The van der Waals surface area contributed by atoms with Crippen LogP contribution in [0.2, 0.25) is 0 Å². The molecule has 0 bridgehead atoms. The van der Waals surface area contributed by atoms with Crippen molar-refractivity contribution in [2.45, 2.75) is 4.90 Å². The molecule has 5 nitrogen and oxygen atoms in total. The summed E-state index contributed by atoms with van der Waals surface area (Å²) >= 11 is 0. The minimum atomic E-state index is -3.77. The molecule has 0 aliphatic heterocycles. The molecule has 0 radical (unpaired) electrons. The van der Waals surface area contributed by atoms with Gasteiger partial charge in [0.2, 0.25) is 10.0 Å². The molecule has 6 heteroatoms. The average Bonchev–Trinajstić information content (AvgIpc) is 2.84. The van der Waals surface area contributed by atoms with Gasteiger partial charge >= 0.3 is 0 Å². The van der Waals surface area contributed by atoms with Crippen LogP contribution in [0, 0.1) is 0 Å². The standard InChI is InChI=1S/C26H27NO4S/c1-20(22-10-14-24(30-3)15-11-22)18-27(32(28,29)26-8-6-5-7-9-26)19-21(2)23-12-16-25(31-4)17-13-23/h5-17H,1-2,18-19H2,3-4H3. The van der Waals surface area contributed by atoms with Gasteiger partial charge in [0.05, 0.1) is 19.1 Å². The van der Waals surface area contributed by atoms with Crippen LogP contribution < -0.4 is 9.47 Å². The monoisotopic (exact) mass is 449 g/mol. The summed E-state index contributed by atoms with van der Waals surface area (Å²) in [4.78, 5) is 0.227. The molecule has 0 N–H and O–H groups in total. The zero-order valence-electron chi connectivity index (χ0n) is 18.3. The van der Waals surface area contributed by atoms with Crippen molar-refractivity contribution in [3.63, 3.8) is 0 Å². The molecule has 0 saturated heterocycles. The van der Waals surface area contributed by atoms with Crippen LogP contribution in [0.4, 0.5) is 0 Å². The summed E-state index contributed by atoms with van der Waals surface area (Å²) < 4.78 is 38.8. The van der Waals surface area contributed by atoms with Gasteiger partial charge in [0.25, 0.3) is 0 Å². The van der Waals surface area contributed by atoms with E-state index >= 15 is 0 Å². The number of benzene rings is 3. The first-order valence-electron chi connectivity index (χ1n) is 10.0. The summed E-state index contributed by atoms with van der Waals surface area (Å²) in [5.74, 6) is 1.45. The molecule has 0 atom stereocenters. The van der Waals surface area contributed by atoms with E-state index in [-0.39, 0.29) is 18.0 Å². The predicted molar refractivity (Wildman–Crippen MR) is 129 cm³/mol. The summed E-state index contributed by atoms with van der Waals surface area (Å²) in [7, 11) is -0.571. The average molecular weight is 450 g/mol. The number of hydrogen-bond donors (Lipinski definition) is 0. The Bertz CT molecular complexity index is 1110. The van der Waals surface area contributed by atoms with Gasteiger partial charge in [-0.2, -0.15) is 4.31 Å². The van der Waals surface area contributed by atoms with Crippen molar-refractivity contribution in [2.24, 2.45) is 0 Å². The molecule has 0 unspecified atom stereocenters. The van der Waals surface area contributed by atoms with Crippen LogP contribution in [0.25, 0.3) is 11.1 Å². The fraction of sp³-hybridized carbons (Fsp3) is 0.154. The lowest BCUT2D eigenvalue weighted by Crippen LogP contribution is -2.33. The maximum atomic E-state index is 13.5. The van der Waals surface area contributed by atoms with E-state index in [2.05, 4.69) is 13.2 Å². The first-order valence-corrected chi connectivity index (χ1v) is 11.5. The molecule has 0 spiro atoms. The topological polar surface area (TPSA) is 55.8 Å². The predicted octanol–water partition coefficient (Wildman–Crippen LogP) is 5.12. The highest BCUT2D eigenvalue weighted by Gasteiger charge is 2.26. The van der Waals surface area contributed by atoms with Gasteiger partial charge in [0, 0.05) is 13.1 Å². The van der Waals surface area contributed by atoms with Gasteiger partial charge in [-0.15, -0.1) is 0 Å². The molecule has 0 aliphatic rings. The van der Waals surface area contributed by atoms with Gasteiger partial charge in [0.1, 0.15) is 11.5 Å². The Kier molecular flexibility index (Phi) is 7.51. The van der Waals surface area contributed by atoms with E-state index < -0.39 is 10.0 Å². The highest BCUT2D eigenvalue weighted by atomic mass is 32.2. The van der Waals surface area contributed by atoms with Crippen LogP contribution in [0.1, 0.15) is 11.1 Å². The first-order chi connectivity index (χ1) is 15.3. The summed E-state index contributed by atoms with van der Waals surface area (Å²) in [5, 5.41) is 0. The van der Waals surface area contributed by atoms with Crippen LogP contribution in [0.3, 0.4) is 0 Å². The Morgan fingerprint density at radius 3 is 1.50 bits per heavy atom. The van der Waals surface area contributed by atoms with Crippen molar-refractivity contribution in [2.75, 3.05) is 27.3 Å². The number of rotatable bonds is 10. The van der Waals surface area contributed by atoms with Crippen molar-refractivity contribution in [3.05, 3.63) is 103 Å². The van der Waals surface area contributed by atoms with Crippen molar-refractivity contribution in [1.82, 2.24) is 4.31 Å². The number of nitrogens with zero attached hydrogens (tertiary/aromatic N) is 1. The first kappa shape index (κ1) is 23.3. The third kappa shape index (κ3) is 5.46. The van der Waals surface area contributed by atoms with Crippen molar-refractivity contribution >= 4 is 21.2 Å². The third-order valence-electron chi connectivity index (χ3n) is 5.11. The Morgan fingerprint density at radius 2 is 1.12 bits per heavy atom. The second-order valence-electron chi connectivity index (χ2n) is 7.25. The summed E-state index contributed by atoms with van der Waals surface area (Å²) in [6.07, 6.45) is 0. The van der Waals surface area contributed by atoms with Gasteiger partial charge in [-0.3, -0.25) is 0 Å². The summed E-state index contributed by atoms with van der Waals surface area (Å²) in [5.41, 5.74) is 3.03. The molecular weight excluding hydrogens is 422 g/mol. The van der Waals surface area contributed by atoms with Crippen molar-refractivity contribution in [1.29, 1.82) is 0 Å². The fourth-order valence-corrected chi connectivity index (χ4v) is 4.68. The van der Waals surface area contributed by atoms with Crippen molar-refractivity contribution < 1.29 is 17.9 Å². The summed E-state index contributed by atoms with van der Waals surface area (Å²) in [6, 6.07) is 23.2. The van der Waals surface area contributed by atoms with E-state index in [0.717, 1.165) is 22.6 Å². The second-order valence-corrected chi connectivity index (χ2v) is 9.19. The normalized spacial score (nSPS) is 11.2. The molecule has 3 rings (SSSR count). The molecular formula is C26H27NO4S. The van der Waals surface area contributed by atoms with Gasteiger partial charge < -0.3 is 9.47 Å². The molecule has 3 aromatic rings. The van der Waals surface area contributed by atoms with Crippen LogP contribution in [0.15, 0.2) is 96.9 Å². The molecule has 0 aromatic heterocycles. The van der Waals surface area contributed by atoms with E-state index in [0.29, 0.717) is 11.1 Å². The highest BCUT2D eigenvalue weighted by molar-refractivity contribution is 7.89. The Balaban J connectivity index is 1.89. The van der Waals surface area contributed by atoms with Gasteiger partial charge in [-0.05, 0) is 58.7 Å². The summed E-state index contributed by atoms with van der Waals surface area (Å²) in [6.45, 7) is 8.52. The molecule has 3 aromatic carbocycles. The minimum Gasteiger partial charge on any atom is -0.497 e. The molecule has 0 heterocycles.